The van der Waals surface area contributed by atoms with E-state index in [1.54, 1.807) is 18.1 Å². The van der Waals surface area contributed by atoms with Gasteiger partial charge in [0.2, 0.25) is 0 Å². The van der Waals surface area contributed by atoms with Crippen molar-refractivity contribution in [1.29, 1.82) is 0 Å². The number of amides is 1. The number of aromatic nitrogens is 1. The number of benzene rings is 1. The number of carbonyl (C=O) groups excluding carboxylic acids is 1. The number of anilines is 4. The predicted molar refractivity (Wildman–Crippen MR) is 108 cm³/mol. The zero-order valence-corrected chi connectivity index (χ0v) is 16.1. The molecule has 27 heavy (non-hydrogen) atoms. The van der Waals surface area contributed by atoms with E-state index in [2.05, 4.69) is 10.3 Å². The Morgan fingerprint density at radius 3 is 2.56 bits per heavy atom. The molecular formula is C21H26N4O2. The SMILES string of the molecule is CN1C(=O)c2ccccc2N(C)c2cc(NC3CCC(C)(O)CC3)ncc21. The van der Waals surface area contributed by atoms with Crippen LogP contribution in [-0.4, -0.2) is 41.7 Å². The van der Waals surface area contributed by atoms with Crippen molar-refractivity contribution in [2.45, 2.75) is 44.2 Å². The van der Waals surface area contributed by atoms with E-state index in [0.29, 0.717) is 11.6 Å². The van der Waals surface area contributed by atoms with Crippen LogP contribution in [0, 0.1) is 0 Å². The zero-order valence-electron chi connectivity index (χ0n) is 16.1. The van der Waals surface area contributed by atoms with Gasteiger partial charge in [-0.3, -0.25) is 4.79 Å². The molecule has 1 aromatic carbocycles. The van der Waals surface area contributed by atoms with Crippen molar-refractivity contribution in [2.24, 2.45) is 0 Å². The van der Waals surface area contributed by atoms with Gasteiger partial charge in [0.15, 0.2) is 0 Å². The maximum Gasteiger partial charge on any atom is 0.260 e. The summed E-state index contributed by atoms with van der Waals surface area (Å²) in [6, 6.07) is 9.97. The number of carbonyl (C=O) groups is 1. The molecule has 1 aliphatic carbocycles. The summed E-state index contributed by atoms with van der Waals surface area (Å²) in [5.74, 6) is 0.764. The second-order valence-corrected chi connectivity index (χ2v) is 7.91. The Bertz CT molecular complexity index is 870. The first-order chi connectivity index (χ1) is 12.9. The Hall–Kier alpha value is -2.60. The molecule has 4 rings (SSSR count). The molecule has 0 spiro atoms. The molecule has 0 bridgehead atoms. The van der Waals surface area contributed by atoms with Gasteiger partial charge in [-0.15, -0.1) is 0 Å². The first-order valence-electron chi connectivity index (χ1n) is 9.45. The van der Waals surface area contributed by atoms with Crippen LogP contribution in [0.15, 0.2) is 36.5 Å². The molecule has 6 nitrogen and oxygen atoms in total. The molecule has 0 radical (unpaired) electrons. The Kier molecular flexibility index (Phi) is 4.30. The molecule has 2 N–H and O–H groups in total. The number of para-hydroxylation sites is 1. The molecule has 1 saturated carbocycles. The van der Waals surface area contributed by atoms with E-state index in [1.807, 2.05) is 49.2 Å². The van der Waals surface area contributed by atoms with E-state index in [4.69, 9.17) is 0 Å². The molecule has 0 atom stereocenters. The van der Waals surface area contributed by atoms with Crippen LogP contribution in [0.1, 0.15) is 43.0 Å². The first kappa shape index (κ1) is 17.8. The summed E-state index contributed by atoms with van der Waals surface area (Å²) in [6.45, 7) is 1.91. The highest BCUT2D eigenvalue weighted by atomic mass is 16.3. The molecule has 1 fully saturated rings. The van der Waals surface area contributed by atoms with Crippen molar-refractivity contribution in [3.63, 3.8) is 0 Å². The predicted octanol–water partition coefficient (Wildman–Crippen LogP) is 3.55. The van der Waals surface area contributed by atoms with E-state index in [9.17, 15) is 9.90 Å². The van der Waals surface area contributed by atoms with Crippen molar-refractivity contribution >= 4 is 28.8 Å². The summed E-state index contributed by atoms with van der Waals surface area (Å²) < 4.78 is 0. The van der Waals surface area contributed by atoms with Gasteiger partial charge in [-0.05, 0) is 44.7 Å². The van der Waals surface area contributed by atoms with Crippen molar-refractivity contribution in [1.82, 2.24) is 4.98 Å². The van der Waals surface area contributed by atoms with Gasteiger partial charge >= 0.3 is 0 Å². The Morgan fingerprint density at radius 1 is 1.11 bits per heavy atom. The van der Waals surface area contributed by atoms with Crippen molar-refractivity contribution in [2.75, 3.05) is 29.2 Å². The maximum absolute atomic E-state index is 12.8. The number of hydrogen-bond acceptors (Lipinski definition) is 5. The number of rotatable bonds is 2. The van der Waals surface area contributed by atoms with E-state index in [-0.39, 0.29) is 5.91 Å². The summed E-state index contributed by atoms with van der Waals surface area (Å²) in [6.07, 6.45) is 5.18. The number of nitrogens with zero attached hydrogens (tertiary/aromatic N) is 3. The fraction of sp³-hybridized carbons (Fsp3) is 0.429. The van der Waals surface area contributed by atoms with Crippen LogP contribution in [0.25, 0.3) is 0 Å². The van der Waals surface area contributed by atoms with Crippen LogP contribution in [0.2, 0.25) is 0 Å². The van der Waals surface area contributed by atoms with Gasteiger partial charge in [-0.2, -0.15) is 0 Å². The minimum absolute atomic E-state index is 0.0341. The minimum Gasteiger partial charge on any atom is -0.390 e. The van der Waals surface area contributed by atoms with Gasteiger partial charge in [0.25, 0.3) is 5.91 Å². The summed E-state index contributed by atoms with van der Waals surface area (Å²) in [7, 11) is 3.76. The molecule has 2 heterocycles. The second kappa shape index (κ2) is 6.53. The second-order valence-electron chi connectivity index (χ2n) is 7.91. The lowest BCUT2D eigenvalue weighted by Crippen LogP contribution is -2.36. The van der Waals surface area contributed by atoms with Gasteiger partial charge < -0.3 is 20.2 Å². The lowest BCUT2D eigenvalue weighted by molar-refractivity contribution is 0.0196. The molecule has 142 valence electrons. The molecule has 2 aliphatic rings. The van der Waals surface area contributed by atoms with Gasteiger partial charge in [0.1, 0.15) is 5.82 Å². The summed E-state index contributed by atoms with van der Waals surface area (Å²) in [4.78, 5) is 21.1. The third-order valence-corrected chi connectivity index (χ3v) is 5.80. The Morgan fingerprint density at radius 2 is 1.81 bits per heavy atom. The summed E-state index contributed by atoms with van der Waals surface area (Å²) in [5, 5.41) is 13.6. The third kappa shape index (κ3) is 3.25. The van der Waals surface area contributed by atoms with Gasteiger partial charge in [0.05, 0.1) is 34.4 Å². The lowest BCUT2D eigenvalue weighted by atomic mass is 9.84. The highest BCUT2D eigenvalue weighted by molar-refractivity contribution is 6.13. The number of hydrogen-bond donors (Lipinski definition) is 2. The normalized spacial score (nSPS) is 24.9. The monoisotopic (exact) mass is 366 g/mol. The van der Waals surface area contributed by atoms with Crippen LogP contribution in [0.4, 0.5) is 22.9 Å². The highest BCUT2D eigenvalue weighted by Crippen LogP contribution is 2.40. The van der Waals surface area contributed by atoms with Crippen LogP contribution >= 0.6 is 0 Å². The first-order valence-corrected chi connectivity index (χ1v) is 9.45. The molecule has 1 aliphatic heterocycles. The molecule has 6 heteroatoms. The van der Waals surface area contributed by atoms with E-state index >= 15 is 0 Å². The van der Waals surface area contributed by atoms with Crippen LogP contribution in [0.3, 0.4) is 0 Å². The third-order valence-electron chi connectivity index (χ3n) is 5.80. The topological polar surface area (TPSA) is 68.7 Å². The molecule has 1 amide bonds. The number of nitrogens with one attached hydrogen (secondary N) is 1. The Labute approximate surface area is 159 Å². The minimum atomic E-state index is -0.549. The van der Waals surface area contributed by atoms with Gasteiger partial charge in [-0.25, -0.2) is 4.98 Å². The molecule has 0 saturated heterocycles. The van der Waals surface area contributed by atoms with E-state index in [1.165, 1.54) is 0 Å². The average Bonchev–Trinajstić information content (AvgIpc) is 2.74. The fourth-order valence-electron chi connectivity index (χ4n) is 4.00. The van der Waals surface area contributed by atoms with Crippen LogP contribution < -0.4 is 15.1 Å². The van der Waals surface area contributed by atoms with Crippen LogP contribution in [-0.2, 0) is 0 Å². The van der Waals surface area contributed by atoms with Gasteiger partial charge in [-0.1, -0.05) is 12.1 Å². The number of pyridine rings is 1. The quantitative estimate of drug-likeness (QED) is 0.851. The Balaban J connectivity index is 1.65. The molecular weight excluding hydrogens is 340 g/mol. The maximum atomic E-state index is 12.8. The standard InChI is InChI=1S/C21H26N4O2/c1-21(27)10-8-14(9-11-21)23-19-12-17-18(13-22-19)25(3)20(26)15-6-4-5-7-16(15)24(17)2/h4-7,12-14,27H,8-11H2,1-3H3,(H,22,23). The number of fused-ring (bicyclic) bond motifs is 2. The number of aliphatic hydroxyl groups is 1. The zero-order chi connectivity index (χ0) is 19.2. The largest absolute Gasteiger partial charge is 0.390 e. The van der Waals surface area contributed by atoms with Crippen molar-refractivity contribution in [3.8, 4) is 0 Å². The van der Waals surface area contributed by atoms with Crippen molar-refractivity contribution < 1.29 is 9.90 Å². The summed E-state index contributed by atoms with van der Waals surface area (Å²) >= 11 is 0. The molecule has 2 aromatic rings. The fourth-order valence-corrected chi connectivity index (χ4v) is 4.00. The molecule has 1 aromatic heterocycles. The van der Waals surface area contributed by atoms with Gasteiger partial charge in [0, 0.05) is 26.2 Å². The lowest BCUT2D eigenvalue weighted by Gasteiger charge is -2.33. The van der Waals surface area contributed by atoms with Crippen LogP contribution in [0.5, 0.6) is 0 Å². The smallest absolute Gasteiger partial charge is 0.260 e. The van der Waals surface area contributed by atoms with E-state index < -0.39 is 5.60 Å². The summed E-state index contributed by atoms with van der Waals surface area (Å²) in [5.41, 5.74) is 2.75. The average molecular weight is 366 g/mol. The highest BCUT2D eigenvalue weighted by Gasteiger charge is 2.30. The van der Waals surface area contributed by atoms with Crippen molar-refractivity contribution in [3.05, 3.63) is 42.1 Å². The van der Waals surface area contributed by atoms with E-state index in [0.717, 1.165) is 48.6 Å². The molecule has 0 unspecified atom stereocenters.